The lowest BCUT2D eigenvalue weighted by molar-refractivity contribution is 0.542. The normalized spacial score (nSPS) is 12.3. The topological polar surface area (TPSA) is 12.0 Å². The van der Waals surface area contributed by atoms with Crippen molar-refractivity contribution in [2.24, 2.45) is 0 Å². The Kier molecular flexibility index (Phi) is 4.00. The molecule has 19 heavy (non-hydrogen) atoms. The van der Waals surface area contributed by atoms with Crippen molar-refractivity contribution in [3.8, 4) is 0 Å². The zero-order valence-electron chi connectivity index (χ0n) is 10.1. The van der Waals surface area contributed by atoms with Crippen molar-refractivity contribution in [1.82, 2.24) is 0 Å². The number of hydrogen-bond acceptors (Lipinski definition) is 1. The molecule has 0 saturated heterocycles. The molecule has 2 rings (SSSR count). The standard InChI is InChI=1S/C14H11ClF3N/c1-8(13-10(16)5-3-6-11(13)17)19-14-9(15)4-2-7-12(14)18/h2-8,19H,1H3. The van der Waals surface area contributed by atoms with Gasteiger partial charge >= 0.3 is 0 Å². The Morgan fingerprint density at radius 1 is 0.947 bits per heavy atom. The van der Waals surface area contributed by atoms with Gasteiger partial charge in [-0.1, -0.05) is 23.7 Å². The summed E-state index contributed by atoms with van der Waals surface area (Å²) in [5.41, 5.74) is -0.124. The largest absolute Gasteiger partial charge is 0.375 e. The lowest BCUT2D eigenvalue weighted by atomic mass is 10.1. The van der Waals surface area contributed by atoms with E-state index in [-0.39, 0.29) is 16.3 Å². The summed E-state index contributed by atoms with van der Waals surface area (Å²) >= 11 is 5.85. The second-order valence-electron chi connectivity index (χ2n) is 4.10. The third-order valence-electron chi connectivity index (χ3n) is 2.76. The molecule has 0 aromatic heterocycles. The van der Waals surface area contributed by atoms with Gasteiger partial charge in [0.05, 0.1) is 16.8 Å². The van der Waals surface area contributed by atoms with Crippen LogP contribution in [0.1, 0.15) is 18.5 Å². The summed E-state index contributed by atoms with van der Waals surface area (Å²) in [6, 6.07) is 7.00. The Bertz CT molecular complexity index is 561. The summed E-state index contributed by atoms with van der Waals surface area (Å²) in [5, 5.41) is 2.85. The average Bonchev–Trinajstić information content (AvgIpc) is 2.34. The van der Waals surface area contributed by atoms with Crippen molar-refractivity contribution in [2.45, 2.75) is 13.0 Å². The zero-order valence-corrected chi connectivity index (χ0v) is 10.8. The number of anilines is 1. The van der Waals surface area contributed by atoms with Gasteiger partial charge in [0, 0.05) is 5.56 Å². The van der Waals surface area contributed by atoms with Crippen LogP contribution >= 0.6 is 11.6 Å². The van der Waals surface area contributed by atoms with E-state index in [1.54, 1.807) is 0 Å². The minimum Gasteiger partial charge on any atom is -0.375 e. The van der Waals surface area contributed by atoms with E-state index >= 15 is 0 Å². The molecular weight excluding hydrogens is 275 g/mol. The number of halogens is 4. The van der Waals surface area contributed by atoms with Gasteiger partial charge in [0.15, 0.2) is 0 Å². The quantitative estimate of drug-likeness (QED) is 0.843. The molecule has 0 aliphatic carbocycles. The van der Waals surface area contributed by atoms with Crippen LogP contribution in [0, 0.1) is 17.5 Å². The lowest BCUT2D eigenvalue weighted by Gasteiger charge is -2.18. The van der Waals surface area contributed by atoms with E-state index in [9.17, 15) is 13.2 Å². The van der Waals surface area contributed by atoms with Crippen LogP contribution in [0.25, 0.3) is 0 Å². The Morgan fingerprint density at radius 2 is 1.47 bits per heavy atom. The molecule has 0 heterocycles. The Balaban J connectivity index is 2.34. The van der Waals surface area contributed by atoms with Gasteiger partial charge in [-0.3, -0.25) is 0 Å². The molecule has 0 bridgehead atoms. The maximum absolute atomic E-state index is 13.6. The van der Waals surface area contributed by atoms with Gasteiger partial charge in [0.2, 0.25) is 0 Å². The second-order valence-corrected chi connectivity index (χ2v) is 4.51. The van der Waals surface area contributed by atoms with Gasteiger partial charge in [0.25, 0.3) is 0 Å². The van der Waals surface area contributed by atoms with Crippen molar-refractivity contribution in [2.75, 3.05) is 5.32 Å². The maximum atomic E-state index is 13.6. The second kappa shape index (κ2) is 5.53. The van der Waals surface area contributed by atoms with Crippen molar-refractivity contribution >= 4 is 17.3 Å². The van der Waals surface area contributed by atoms with E-state index in [4.69, 9.17) is 11.6 Å². The van der Waals surface area contributed by atoms with Crippen molar-refractivity contribution in [3.63, 3.8) is 0 Å². The summed E-state index contributed by atoms with van der Waals surface area (Å²) < 4.78 is 40.8. The third kappa shape index (κ3) is 2.84. The fraction of sp³-hybridized carbons (Fsp3) is 0.143. The highest BCUT2D eigenvalue weighted by Crippen LogP contribution is 2.30. The fourth-order valence-corrected chi connectivity index (χ4v) is 2.07. The molecule has 1 atom stereocenters. The first-order valence-electron chi connectivity index (χ1n) is 5.65. The van der Waals surface area contributed by atoms with Crippen LogP contribution in [-0.4, -0.2) is 0 Å². The van der Waals surface area contributed by atoms with Crippen molar-refractivity contribution < 1.29 is 13.2 Å². The number of benzene rings is 2. The monoisotopic (exact) mass is 285 g/mol. The number of hydrogen-bond donors (Lipinski definition) is 1. The maximum Gasteiger partial charge on any atom is 0.147 e. The van der Waals surface area contributed by atoms with Gasteiger partial charge in [-0.05, 0) is 31.2 Å². The number of rotatable bonds is 3. The summed E-state index contributed by atoms with van der Waals surface area (Å²) in [6.07, 6.45) is 0. The molecule has 100 valence electrons. The number of nitrogens with one attached hydrogen (secondary N) is 1. The molecule has 0 amide bonds. The van der Waals surface area contributed by atoms with Crippen LogP contribution in [0.5, 0.6) is 0 Å². The van der Waals surface area contributed by atoms with E-state index < -0.39 is 23.5 Å². The minimum absolute atomic E-state index is 0.0271. The summed E-state index contributed by atoms with van der Waals surface area (Å²) in [6.45, 7) is 1.53. The molecule has 0 aliphatic heterocycles. The van der Waals surface area contributed by atoms with Gasteiger partial charge < -0.3 is 5.32 Å². The van der Waals surface area contributed by atoms with Gasteiger partial charge in [0.1, 0.15) is 17.5 Å². The third-order valence-corrected chi connectivity index (χ3v) is 3.07. The van der Waals surface area contributed by atoms with Crippen LogP contribution in [-0.2, 0) is 0 Å². The zero-order chi connectivity index (χ0) is 14.0. The highest BCUT2D eigenvalue weighted by Gasteiger charge is 2.18. The first-order chi connectivity index (χ1) is 9.00. The highest BCUT2D eigenvalue weighted by atomic mass is 35.5. The molecule has 0 fully saturated rings. The van der Waals surface area contributed by atoms with Crippen LogP contribution in [0.2, 0.25) is 5.02 Å². The molecule has 0 saturated carbocycles. The molecular formula is C14H11ClF3N. The van der Waals surface area contributed by atoms with E-state index in [0.29, 0.717) is 0 Å². The predicted molar refractivity (Wildman–Crippen MR) is 69.8 cm³/mol. The van der Waals surface area contributed by atoms with Crippen LogP contribution in [0.15, 0.2) is 36.4 Å². The molecule has 5 heteroatoms. The first-order valence-corrected chi connectivity index (χ1v) is 6.03. The van der Waals surface area contributed by atoms with Crippen molar-refractivity contribution in [1.29, 1.82) is 0 Å². The molecule has 1 unspecified atom stereocenters. The Labute approximate surface area is 114 Å². The van der Waals surface area contributed by atoms with Crippen LogP contribution in [0.4, 0.5) is 18.9 Å². The van der Waals surface area contributed by atoms with Gasteiger partial charge in [-0.2, -0.15) is 0 Å². The number of para-hydroxylation sites is 1. The molecule has 2 aromatic rings. The molecule has 1 nitrogen and oxygen atoms in total. The fourth-order valence-electron chi connectivity index (χ4n) is 1.85. The lowest BCUT2D eigenvalue weighted by Crippen LogP contribution is -2.12. The smallest absolute Gasteiger partial charge is 0.147 e. The minimum atomic E-state index is -0.754. The highest BCUT2D eigenvalue weighted by molar-refractivity contribution is 6.33. The van der Waals surface area contributed by atoms with E-state index in [2.05, 4.69) is 5.32 Å². The molecule has 0 radical (unpaired) electrons. The van der Waals surface area contributed by atoms with Crippen molar-refractivity contribution in [3.05, 3.63) is 64.4 Å². The molecule has 0 aliphatic rings. The molecule has 2 aromatic carbocycles. The van der Waals surface area contributed by atoms with Crippen LogP contribution in [0.3, 0.4) is 0 Å². The summed E-state index contributed by atoms with van der Waals surface area (Å²) in [5.74, 6) is -1.95. The first kappa shape index (κ1) is 13.7. The summed E-state index contributed by atoms with van der Waals surface area (Å²) in [4.78, 5) is 0. The van der Waals surface area contributed by atoms with E-state index in [1.807, 2.05) is 0 Å². The Morgan fingerprint density at radius 3 is 2.05 bits per heavy atom. The van der Waals surface area contributed by atoms with Gasteiger partial charge in [-0.15, -0.1) is 0 Å². The summed E-state index contributed by atoms with van der Waals surface area (Å²) in [7, 11) is 0. The Hall–Kier alpha value is -1.68. The average molecular weight is 286 g/mol. The SMILES string of the molecule is CC(Nc1c(F)cccc1Cl)c1c(F)cccc1F. The van der Waals surface area contributed by atoms with Gasteiger partial charge in [-0.25, -0.2) is 13.2 Å². The predicted octanol–water partition coefficient (Wildman–Crippen LogP) is 4.93. The van der Waals surface area contributed by atoms with Crippen LogP contribution < -0.4 is 5.32 Å². The molecule has 1 N–H and O–H groups in total. The molecule has 0 spiro atoms. The van der Waals surface area contributed by atoms with E-state index in [0.717, 1.165) is 12.1 Å². The van der Waals surface area contributed by atoms with E-state index in [1.165, 1.54) is 31.2 Å².